The number of hydrogen-bond donors (Lipinski definition) is 1. The summed E-state index contributed by atoms with van der Waals surface area (Å²) in [6, 6.07) is 6.13. The molecule has 0 radical (unpaired) electrons. The number of aryl methyl sites for hydroxylation is 1. The van der Waals surface area contributed by atoms with Gasteiger partial charge < -0.3 is 10.6 Å². The largest absolute Gasteiger partial charge is 0.399 e. The lowest BCUT2D eigenvalue weighted by atomic mass is 9.78. The molecule has 0 bridgehead atoms. The van der Waals surface area contributed by atoms with Crippen LogP contribution in [-0.2, 0) is 0 Å². The minimum atomic E-state index is 0.199. The van der Waals surface area contributed by atoms with Crippen LogP contribution in [0.3, 0.4) is 0 Å². The lowest BCUT2D eigenvalue weighted by Gasteiger charge is -2.44. The molecule has 1 saturated heterocycles. The van der Waals surface area contributed by atoms with Crippen molar-refractivity contribution in [3.05, 3.63) is 29.3 Å². The first-order valence-corrected chi connectivity index (χ1v) is 7.84. The molecule has 0 spiro atoms. The fourth-order valence-electron chi connectivity index (χ4n) is 3.85. The van der Waals surface area contributed by atoms with E-state index in [4.69, 9.17) is 5.73 Å². The number of benzene rings is 1. The number of nitrogens with zero attached hydrogens (tertiary/aromatic N) is 1. The van der Waals surface area contributed by atoms with Gasteiger partial charge >= 0.3 is 0 Å². The molecule has 20 heavy (non-hydrogen) atoms. The maximum atomic E-state index is 12.8. The fourth-order valence-corrected chi connectivity index (χ4v) is 3.85. The van der Waals surface area contributed by atoms with E-state index in [1.54, 1.807) is 0 Å². The lowest BCUT2D eigenvalue weighted by Crippen LogP contribution is -2.49. The first kappa shape index (κ1) is 13.5. The number of carbonyl (C=O) groups is 1. The predicted molar refractivity (Wildman–Crippen MR) is 81.6 cm³/mol. The van der Waals surface area contributed by atoms with Crippen LogP contribution in [0.1, 0.15) is 54.4 Å². The Morgan fingerprint density at radius 1 is 1.20 bits per heavy atom. The van der Waals surface area contributed by atoms with Crippen molar-refractivity contribution in [2.75, 3.05) is 12.3 Å². The van der Waals surface area contributed by atoms with Gasteiger partial charge in [-0.1, -0.05) is 12.8 Å². The van der Waals surface area contributed by atoms with Gasteiger partial charge in [-0.25, -0.2) is 0 Å². The van der Waals surface area contributed by atoms with Crippen molar-refractivity contribution in [2.24, 2.45) is 5.92 Å². The molecule has 1 aliphatic carbocycles. The van der Waals surface area contributed by atoms with Crippen LogP contribution in [0.5, 0.6) is 0 Å². The van der Waals surface area contributed by atoms with Crippen LogP contribution in [0.2, 0.25) is 0 Å². The zero-order chi connectivity index (χ0) is 14.1. The summed E-state index contributed by atoms with van der Waals surface area (Å²) in [4.78, 5) is 14.9. The van der Waals surface area contributed by atoms with Gasteiger partial charge in [-0.2, -0.15) is 0 Å². The quantitative estimate of drug-likeness (QED) is 0.797. The summed E-state index contributed by atoms with van der Waals surface area (Å²) < 4.78 is 0. The average molecular weight is 272 g/mol. The van der Waals surface area contributed by atoms with Gasteiger partial charge in [0.1, 0.15) is 0 Å². The highest BCUT2D eigenvalue weighted by atomic mass is 16.2. The summed E-state index contributed by atoms with van der Waals surface area (Å²) >= 11 is 0. The summed E-state index contributed by atoms with van der Waals surface area (Å²) in [6.07, 6.45) is 7.55. The Bertz CT molecular complexity index is 510. The van der Waals surface area contributed by atoms with Crippen molar-refractivity contribution in [3.63, 3.8) is 0 Å². The third kappa shape index (κ3) is 2.41. The molecule has 1 amide bonds. The van der Waals surface area contributed by atoms with Crippen molar-refractivity contribution in [2.45, 2.75) is 51.5 Å². The van der Waals surface area contributed by atoms with Crippen LogP contribution in [0.4, 0.5) is 5.69 Å². The number of anilines is 1. The molecule has 1 aromatic rings. The van der Waals surface area contributed by atoms with Crippen molar-refractivity contribution in [1.82, 2.24) is 4.90 Å². The zero-order valence-corrected chi connectivity index (χ0v) is 12.3. The van der Waals surface area contributed by atoms with Crippen molar-refractivity contribution >= 4 is 11.6 Å². The fraction of sp³-hybridized carbons (Fsp3) is 0.588. The van der Waals surface area contributed by atoms with E-state index in [1.165, 1.54) is 32.1 Å². The molecule has 1 saturated carbocycles. The first-order chi connectivity index (χ1) is 9.66. The van der Waals surface area contributed by atoms with Gasteiger partial charge in [-0.15, -0.1) is 0 Å². The van der Waals surface area contributed by atoms with Crippen LogP contribution in [-0.4, -0.2) is 23.4 Å². The van der Waals surface area contributed by atoms with E-state index in [2.05, 4.69) is 4.90 Å². The highest BCUT2D eigenvalue weighted by Crippen LogP contribution is 2.36. The molecule has 1 heterocycles. The third-order valence-electron chi connectivity index (χ3n) is 5.02. The summed E-state index contributed by atoms with van der Waals surface area (Å²) in [6.45, 7) is 2.88. The molecule has 0 aromatic heterocycles. The zero-order valence-electron chi connectivity index (χ0n) is 12.3. The topological polar surface area (TPSA) is 46.3 Å². The first-order valence-electron chi connectivity index (χ1n) is 7.84. The minimum Gasteiger partial charge on any atom is -0.399 e. The summed E-state index contributed by atoms with van der Waals surface area (Å²) in [5.41, 5.74) is 8.40. The van der Waals surface area contributed by atoms with Gasteiger partial charge in [0.05, 0.1) is 0 Å². The van der Waals surface area contributed by atoms with Gasteiger partial charge in [0.15, 0.2) is 0 Å². The molecule has 3 rings (SSSR count). The van der Waals surface area contributed by atoms with Gasteiger partial charge in [-0.3, -0.25) is 4.79 Å². The van der Waals surface area contributed by atoms with Crippen molar-refractivity contribution in [1.29, 1.82) is 0 Å². The Hall–Kier alpha value is -1.51. The number of carbonyl (C=O) groups excluding carboxylic acids is 1. The predicted octanol–water partition coefficient (Wildman–Crippen LogP) is 3.37. The van der Waals surface area contributed by atoms with Gasteiger partial charge in [0.2, 0.25) is 0 Å². The van der Waals surface area contributed by atoms with E-state index in [9.17, 15) is 4.79 Å². The smallest absolute Gasteiger partial charge is 0.254 e. The van der Waals surface area contributed by atoms with Crippen LogP contribution >= 0.6 is 0 Å². The summed E-state index contributed by atoms with van der Waals surface area (Å²) in [7, 11) is 0. The van der Waals surface area contributed by atoms with Crippen LogP contribution in [0, 0.1) is 12.8 Å². The third-order valence-corrected chi connectivity index (χ3v) is 5.02. The molecule has 2 atom stereocenters. The van der Waals surface area contributed by atoms with Crippen molar-refractivity contribution < 1.29 is 4.79 Å². The second kappa shape index (κ2) is 5.47. The second-order valence-electron chi connectivity index (χ2n) is 6.32. The summed E-state index contributed by atoms with van der Waals surface area (Å²) in [5.74, 6) is 0.932. The van der Waals surface area contributed by atoms with Crippen LogP contribution < -0.4 is 5.73 Å². The number of fused-ring (bicyclic) bond motifs is 1. The highest BCUT2D eigenvalue weighted by Gasteiger charge is 2.35. The molecular weight excluding hydrogens is 248 g/mol. The standard InChI is InChI=1S/C17H24N2O/c1-12-11-14(8-9-15(12)18)17(20)19-10-4-6-13-5-2-3-7-16(13)19/h8-9,11,13,16H,2-7,10,18H2,1H3/t13-,16-/m1/s1. The molecule has 0 unspecified atom stereocenters. The van der Waals surface area contributed by atoms with E-state index in [-0.39, 0.29) is 5.91 Å². The SMILES string of the molecule is Cc1cc(C(=O)N2CCC[C@H]3CCCC[C@H]32)ccc1N. The molecule has 108 valence electrons. The Kier molecular flexibility index (Phi) is 3.68. The number of nitrogens with two attached hydrogens (primary N) is 1. The molecule has 3 nitrogen and oxygen atoms in total. The second-order valence-corrected chi connectivity index (χ2v) is 6.32. The highest BCUT2D eigenvalue weighted by molar-refractivity contribution is 5.95. The lowest BCUT2D eigenvalue weighted by molar-refractivity contribution is 0.0390. The Morgan fingerprint density at radius 2 is 1.95 bits per heavy atom. The number of nitrogen functional groups attached to an aromatic ring is 1. The normalized spacial score (nSPS) is 26.1. The van der Waals surface area contributed by atoms with E-state index in [1.807, 2.05) is 25.1 Å². The van der Waals surface area contributed by atoms with Gasteiger partial charge in [0, 0.05) is 23.8 Å². The van der Waals surface area contributed by atoms with E-state index in [0.717, 1.165) is 35.7 Å². The number of likely N-dealkylation sites (tertiary alicyclic amines) is 1. The van der Waals surface area contributed by atoms with Gasteiger partial charge in [-0.05, 0) is 62.3 Å². The van der Waals surface area contributed by atoms with E-state index >= 15 is 0 Å². The Morgan fingerprint density at radius 3 is 2.75 bits per heavy atom. The molecular formula is C17H24N2O. The number of rotatable bonds is 1. The molecule has 2 fully saturated rings. The van der Waals surface area contributed by atoms with Crippen LogP contribution in [0.15, 0.2) is 18.2 Å². The Labute approximate surface area is 121 Å². The van der Waals surface area contributed by atoms with Crippen LogP contribution in [0.25, 0.3) is 0 Å². The number of amides is 1. The molecule has 2 aliphatic rings. The number of hydrogen-bond acceptors (Lipinski definition) is 2. The molecule has 1 aliphatic heterocycles. The van der Waals surface area contributed by atoms with E-state index < -0.39 is 0 Å². The maximum absolute atomic E-state index is 12.8. The van der Waals surface area contributed by atoms with E-state index in [0.29, 0.717) is 6.04 Å². The Balaban J connectivity index is 1.83. The monoisotopic (exact) mass is 272 g/mol. The molecule has 3 heteroatoms. The average Bonchev–Trinajstić information content (AvgIpc) is 2.49. The maximum Gasteiger partial charge on any atom is 0.254 e. The van der Waals surface area contributed by atoms with Gasteiger partial charge in [0.25, 0.3) is 5.91 Å². The minimum absolute atomic E-state index is 0.199. The molecule has 2 N–H and O–H groups in total. The number of piperidine rings is 1. The molecule has 1 aromatic carbocycles. The van der Waals surface area contributed by atoms with Crippen molar-refractivity contribution in [3.8, 4) is 0 Å². The summed E-state index contributed by atoms with van der Waals surface area (Å²) in [5, 5.41) is 0.